The predicted octanol–water partition coefficient (Wildman–Crippen LogP) is 6.53. The summed E-state index contributed by atoms with van der Waals surface area (Å²) < 4.78 is 8.48. The first-order valence-corrected chi connectivity index (χ1v) is 11.9. The van der Waals surface area contributed by atoms with Gasteiger partial charge in [0.05, 0.1) is 5.69 Å². The number of fused-ring (bicyclic) bond motifs is 1. The Morgan fingerprint density at radius 3 is 2.28 bits per heavy atom. The molecule has 164 valence electrons. The molecule has 0 unspecified atom stereocenters. The maximum Gasteiger partial charge on any atom is 0.119 e. The van der Waals surface area contributed by atoms with Crippen LogP contribution in [-0.4, -0.2) is 35.7 Å². The standard InChI is InChI=1S/C29H32N2O/c1-23-27-12-6-7-13-28(27)31(29(23)25-10-4-2-5-11-25)22-24-14-16-26(17-15-24)32-21-20-30-18-8-3-9-19-30/h2,4-7,10-17H,3,8-9,18-22H2,1H3. The quantitative estimate of drug-likeness (QED) is 0.336. The van der Waals surface area contributed by atoms with Gasteiger partial charge in [-0.05, 0) is 67.7 Å². The Balaban J connectivity index is 1.34. The summed E-state index contributed by atoms with van der Waals surface area (Å²) in [6.45, 7) is 7.30. The molecule has 2 heterocycles. The van der Waals surface area contributed by atoms with Crippen molar-refractivity contribution < 1.29 is 4.74 Å². The van der Waals surface area contributed by atoms with Crippen molar-refractivity contribution in [2.75, 3.05) is 26.2 Å². The van der Waals surface area contributed by atoms with Crippen molar-refractivity contribution in [2.24, 2.45) is 0 Å². The number of aryl methyl sites for hydroxylation is 1. The van der Waals surface area contributed by atoms with Gasteiger partial charge in [-0.1, -0.05) is 67.1 Å². The van der Waals surface area contributed by atoms with Gasteiger partial charge in [0.25, 0.3) is 0 Å². The molecule has 0 spiro atoms. The molecule has 32 heavy (non-hydrogen) atoms. The molecule has 3 heteroatoms. The van der Waals surface area contributed by atoms with Crippen LogP contribution in [-0.2, 0) is 6.54 Å². The van der Waals surface area contributed by atoms with Gasteiger partial charge in [0, 0.05) is 24.0 Å². The van der Waals surface area contributed by atoms with Gasteiger partial charge in [-0.25, -0.2) is 0 Å². The highest BCUT2D eigenvalue weighted by Crippen LogP contribution is 2.34. The SMILES string of the molecule is Cc1c(-c2ccccc2)n(Cc2ccc(OCCN3CCCCC3)cc2)c2ccccc12. The molecule has 1 fully saturated rings. The molecular formula is C29H32N2O. The maximum absolute atomic E-state index is 6.03. The highest BCUT2D eigenvalue weighted by atomic mass is 16.5. The average molecular weight is 425 g/mol. The van der Waals surface area contributed by atoms with Crippen molar-refractivity contribution in [1.82, 2.24) is 9.47 Å². The van der Waals surface area contributed by atoms with E-state index in [1.807, 2.05) is 0 Å². The molecular weight excluding hydrogens is 392 g/mol. The van der Waals surface area contributed by atoms with E-state index in [2.05, 4.69) is 95.3 Å². The Morgan fingerprint density at radius 2 is 1.50 bits per heavy atom. The molecule has 3 aromatic carbocycles. The number of hydrogen-bond donors (Lipinski definition) is 0. The number of aromatic nitrogens is 1. The highest BCUT2D eigenvalue weighted by molar-refractivity contribution is 5.91. The molecule has 1 aromatic heterocycles. The summed E-state index contributed by atoms with van der Waals surface area (Å²) in [5.41, 5.74) is 6.47. The fraction of sp³-hybridized carbons (Fsp3) is 0.310. The zero-order chi connectivity index (χ0) is 21.8. The summed E-state index contributed by atoms with van der Waals surface area (Å²) in [7, 11) is 0. The lowest BCUT2D eigenvalue weighted by atomic mass is 10.1. The Bertz CT molecular complexity index is 1160. The van der Waals surface area contributed by atoms with Gasteiger partial charge < -0.3 is 9.30 Å². The minimum absolute atomic E-state index is 0.763. The third-order valence-electron chi connectivity index (χ3n) is 6.66. The molecule has 0 aliphatic carbocycles. The number of hydrogen-bond acceptors (Lipinski definition) is 2. The maximum atomic E-state index is 6.03. The number of benzene rings is 3. The molecule has 1 aliphatic rings. The second-order valence-electron chi connectivity index (χ2n) is 8.84. The summed E-state index contributed by atoms with van der Waals surface area (Å²) in [5, 5.41) is 1.32. The number of nitrogens with zero attached hydrogens (tertiary/aromatic N) is 2. The van der Waals surface area contributed by atoms with Gasteiger partial charge in [-0.3, -0.25) is 4.90 Å². The number of para-hydroxylation sites is 1. The van der Waals surface area contributed by atoms with Crippen LogP contribution in [0.1, 0.15) is 30.4 Å². The van der Waals surface area contributed by atoms with E-state index in [-0.39, 0.29) is 0 Å². The van der Waals surface area contributed by atoms with Crippen LogP contribution in [0.15, 0.2) is 78.9 Å². The topological polar surface area (TPSA) is 17.4 Å². The fourth-order valence-corrected chi connectivity index (χ4v) is 4.96. The van der Waals surface area contributed by atoms with Crippen molar-refractivity contribution in [1.29, 1.82) is 0 Å². The first kappa shape index (κ1) is 20.8. The second-order valence-corrected chi connectivity index (χ2v) is 8.84. The molecule has 0 bridgehead atoms. The zero-order valence-electron chi connectivity index (χ0n) is 19.0. The number of piperidine rings is 1. The van der Waals surface area contributed by atoms with E-state index in [1.165, 1.54) is 65.6 Å². The van der Waals surface area contributed by atoms with E-state index in [1.54, 1.807) is 0 Å². The average Bonchev–Trinajstić information content (AvgIpc) is 3.13. The van der Waals surface area contributed by atoms with Crippen LogP contribution >= 0.6 is 0 Å². The third kappa shape index (κ3) is 4.44. The van der Waals surface area contributed by atoms with E-state index in [0.29, 0.717) is 0 Å². The predicted molar refractivity (Wildman–Crippen MR) is 133 cm³/mol. The Morgan fingerprint density at radius 1 is 0.781 bits per heavy atom. The molecule has 0 amide bonds. The van der Waals surface area contributed by atoms with Crippen molar-refractivity contribution in [3.05, 3.63) is 90.0 Å². The van der Waals surface area contributed by atoms with Crippen LogP contribution in [0.3, 0.4) is 0 Å². The van der Waals surface area contributed by atoms with E-state index in [9.17, 15) is 0 Å². The van der Waals surface area contributed by atoms with Crippen LogP contribution in [0.25, 0.3) is 22.2 Å². The Kier molecular flexibility index (Phi) is 6.27. The van der Waals surface area contributed by atoms with Crippen molar-refractivity contribution in [3.8, 4) is 17.0 Å². The lowest BCUT2D eigenvalue weighted by Gasteiger charge is -2.26. The van der Waals surface area contributed by atoms with Crippen LogP contribution in [0.5, 0.6) is 5.75 Å². The Labute approximate surface area is 191 Å². The number of ether oxygens (including phenoxy) is 1. The van der Waals surface area contributed by atoms with Gasteiger partial charge >= 0.3 is 0 Å². The zero-order valence-corrected chi connectivity index (χ0v) is 19.0. The first-order chi connectivity index (χ1) is 15.8. The molecule has 0 atom stereocenters. The second kappa shape index (κ2) is 9.62. The van der Waals surface area contributed by atoms with Gasteiger partial charge in [0.2, 0.25) is 0 Å². The normalized spacial score (nSPS) is 14.7. The van der Waals surface area contributed by atoms with Crippen molar-refractivity contribution in [2.45, 2.75) is 32.7 Å². The summed E-state index contributed by atoms with van der Waals surface area (Å²) >= 11 is 0. The van der Waals surface area contributed by atoms with E-state index < -0.39 is 0 Å². The molecule has 4 aromatic rings. The number of likely N-dealkylation sites (tertiary alicyclic amines) is 1. The minimum Gasteiger partial charge on any atom is -0.492 e. The van der Waals surface area contributed by atoms with Gasteiger partial charge in [-0.15, -0.1) is 0 Å². The van der Waals surface area contributed by atoms with Gasteiger partial charge in [-0.2, -0.15) is 0 Å². The lowest BCUT2D eigenvalue weighted by molar-refractivity contribution is 0.183. The van der Waals surface area contributed by atoms with Crippen LogP contribution in [0.4, 0.5) is 0 Å². The van der Waals surface area contributed by atoms with Gasteiger partial charge in [0.15, 0.2) is 0 Å². The van der Waals surface area contributed by atoms with E-state index in [4.69, 9.17) is 4.74 Å². The fourth-order valence-electron chi connectivity index (χ4n) is 4.96. The van der Waals surface area contributed by atoms with Crippen LogP contribution < -0.4 is 4.74 Å². The van der Waals surface area contributed by atoms with Gasteiger partial charge in [0.1, 0.15) is 12.4 Å². The highest BCUT2D eigenvalue weighted by Gasteiger charge is 2.15. The Hall–Kier alpha value is -3.04. The van der Waals surface area contributed by atoms with E-state index in [0.717, 1.165) is 25.4 Å². The third-order valence-corrected chi connectivity index (χ3v) is 6.66. The summed E-state index contributed by atoms with van der Waals surface area (Å²) in [6.07, 6.45) is 4.03. The summed E-state index contributed by atoms with van der Waals surface area (Å²) in [5.74, 6) is 0.961. The van der Waals surface area contributed by atoms with Crippen molar-refractivity contribution >= 4 is 10.9 Å². The molecule has 0 radical (unpaired) electrons. The molecule has 1 aliphatic heterocycles. The van der Waals surface area contributed by atoms with E-state index >= 15 is 0 Å². The molecule has 0 N–H and O–H groups in total. The first-order valence-electron chi connectivity index (χ1n) is 11.9. The van der Waals surface area contributed by atoms with Crippen LogP contribution in [0, 0.1) is 6.92 Å². The molecule has 1 saturated heterocycles. The summed E-state index contributed by atoms with van der Waals surface area (Å²) in [6, 6.07) is 28.1. The molecule has 3 nitrogen and oxygen atoms in total. The minimum atomic E-state index is 0.763. The molecule has 5 rings (SSSR count). The monoisotopic (exact) mass is 424 g/mol. The van der Waals surface area contributed by atoms with Crippen LogP contribution in [0.2, 0.25) is 0 Å². The lowest BCUT2D eigenvalue weighted by Crippen LogP contribution is -2.33. The van der Waals surface area contributed by atoms with Crippen molar-refractivity contribution in [3.63, 3.8) is 0 Å². The molecule has 0 saturated carbocycles. The number of rotatable bonds is 7. The summed E-state index contributed by atoms with van der Waals surface area (Å²) in [4.78, 5) is 2.52. The largest absolute Gasteiger partial charge is 0.492 e. The smallest absolute Gasteiger partial charge is 0.119 e.